The van der Waals surface area contributed by atoms with Crippen molar-refractivity contribution in [3.63, 3.8) is 0 Å². The average Bonchev–Trinajstić information content (AvgIpc) is 2.32. The number of nitrogens with one attached hydrogen (secondary N) is 1. The largest absolute Gasteiger partial charge is 0.501 e. The van der Waals surface area contributed by atoms with Crippen LogP contribution in [-0.2, 0) is 4.79 Å². The van der Waals surface area contributed by atoms with Gasteiger partial charge in [-0.1, -0.05) is 12.1 Å². The highest BCUT2D eigenvalue weighted by Crippen LogP contribution is 2.04. The standard InChI is InChI=1S/C9H8N4O4/c14-8(15)5-10-9-11-13(17)7-4-2-1-3-6(7)12(9)16/h1-4,16H,5H2,(H-,10,11,14,15,17)/p+2. The van der Waals surface area contributed by atoms with Gasteiger partial charge in [0.1, 0.15) is 0 Å². The first kappa shape index (κ1) is 10.9. The first-order valence-electron chi connectivity index (χ1n) is 4.71. The van der Waals surface area contributed by atoms with Crippen molar-refractivity contribution < 1.29 is 29.9 Å². The van der Waals surface area contributed by atoms with Crippen LogP contribution in [0.1, 0.15) is 0 Å². The third-order valence-electron chi connectivity index (χ3n) is 2.11. The monoisotopic (exact) mass is 238 g/mol. The molecule has 0 fully saturated rings. The molecule has 0 bridgehead atoms. The summed E-state index contributed by atoms with van der Waals surface area (Å²) in [5, 5.41) is 33.7. The van der Waals surface area contributed by atoms with E-state index >= 15 is 0 Å². The molecule has 0 spiro atoms. The van der Waals surface area contributed by atoms with E-state index in [0.29, 0.717) is 9.58 Å². The molecule has 17 heavy (non-hydrogen) atoms. The Morgan fingerprint density at radius 1 is 1.29 bits per heavy atom. The van der Waals surface area contributed by atoms with Gasteiger partial charge >= 0.3 is 17.4 Å². The van der Waals surface area contributed by atoms with Crippen molar-refractivity contribution >= 4 is 23.0 Å². The number of aliphatic carboxylic acids is 1. The van der Waals surface area contributed by atoms with Gasteiger partial charge in [0.15, 0.2) is 6.54 Å². The van der Waals surface area contributed by atoms with Crippen molar-refractivity contribution in [2.45, 2.75) is 0 Å². The van der Waals surface area contributed by atoms with E-state index in [1.807, 2.05) is 0 Å². The lowest BCUT2D eigenvalue weighted by molar-refractivity contribution is -0.950. The lowest BCUT2D eigenvalue weighted by Crippen LogP contribution is -2.47. The van der Waals surface area contributed by atoms with Gasteiger partial charge in [-0.3, -0.25) is 5.32 Å². The van der Waals surface area contributed by atoms with Crippen molar-refractivity contribution in [2.75, 3.05) is 11.9 Å². The fourth-order valence-corrected chi connectivity index (χ4v) is 1.38. The minimum absolute atomic E-state index is 0.173. The van der Waals surface area contributed by atoms with E-state index in [-0.39, 0.29) is 17.0 Å². The number of nitrogens with zero attached hydrogens (tertiary/aromatic N) is 3. The van der Waals surface area contributed by atoms with E-state index < -0.39 is 12.5 Å². The van der Waals surface area contributed by atoms with E-state index in [9.17, 15) is 15.2 Å². The number of hydrogen-bond acceptors (Lipinski definition) is 5. The van der Waals surface area contributed by atoms with Crippen LogP contribution in [0.15, 0.2) is 24.3 Å². The maximum atomic E-state index is 10.4. The highest BCUT2D eigenvalue weighted by molar-refractivity contribution is 5.72. The number of aromatic nitrogens is 3. The van der Waals surface area contributed by atoms with Gasteiger partial charge in [-0.25, -0.2) is 10.0 Å². The summed E-state index contributed by atoms with van der Waals surface area (Å²) in [6.45, 7) is -0.425. The maximum absolute atomic E-state index is 10.4. The Morgan fingerprint density at radius 2 is 1.94 bits per heavy atom. The Kier molecular flexibility index (Phi) is 2.61. The van der Waals surface area contributed by atoms with Crippen molar-refractivity contribution in [1.82, 2.24) is 5.10 Å². The molecule has 8 nitrogen and oxygen atoms in total. The van der Waals surface area contributed by atoms with Gasteiger partial charge in [0, 0.05) is 6.07 Å². The summed E-state index contributed by atoms with van der Waals surface area (Å²) in [6.07, 6.45) is 0. The molecule has 0 aliphatic rings. The summed E-state index contributed by atoms with van der Waals surface area (Å²) in [5.74, 6) is -1.28. The predicted molar refractivity (Wildman–Crippen MR) is 52.6 cm³/mol. The molecule has 2 rings (SSSR count). The third kappa shape index (κ3) is 2.00. The zero-order valence-electron chi connectivity index (χ0n) is 8.61. The van der Waals surface area contributed by atoms with Crippen LogP contribution >= 0.6 is 0 Å². The highest BCUT2D eigenvalue weighted by Gasteiger charge is 2.27. The highest BCUT2D eigenvalue weighted by atomic mass is 16.5. The Labute approximate surface area is 94.9 Å². The molecule has 0 saturated carbocycles. The zero-order chi connectivity index (χ0) is 12.4. The third-order valence-corrected chi connectivity index (χ3v) is 2.11. The minimum atomic E-state index is -1.11. The second-order valence-corrected chi connectivity index (χ2v) is 3.26. The number of carboxylic acid groups (broad SMARTS) is 1. The zero-order valence-corrected chi connectivity index (χ0v) is 8.61. The van der Waals surface area contributed by atoms with Crippen LogP contribution in [0.3, 0.4) is 0 Å². The van der Waals surface area contributed by atoms with Crippen LogP contribution < -0.4 is 14.9 Å². The first-order chi connectivity index (χ1) is 8.09. The molecule has 1 heterocycles. The molecule has 0 saturated heterocycles. The van der Waals surface area contributed by atoms with Gasteiger partial charge in [-0.2, -0.15) is 0 Å². The summed E-state index contributed by atoms with van der Waals surface area (Å²) >= 11 is 0. The number of fused-ring (bicyclic) bond motifs is 1. The number of carbonyl (C=O) groups is 1. The molecule has 1 aromatic heterocycles. The molecule has 4 N–H and O–H groups in total. The quantitative estimate of drug-likeness (QED) is 0.394. The molecule has 0 unspecified atom stereocenters. The molecular weight excluding hydrogens is 228 g/mol. The van der Waals surface area contributed by atoms with Crippen LogP contribution in [0.4, 0.5) is 5.95 Å². The van der Waals surface area contributed by atoms with E-state index in [1.54, 1.807) is 24.3 Å². The summed E-state index contributed by atoms with van der Waals surface area (Å²) in [7, 11) is 0. The van der Waals surface area contributed by atoms with Gasteiger partial charge in [0.2, 0.25) is 10.4 Å². The molecule has 0 amide bonds. The molecule has 1 aromatic carbocycles. The first-order valence-corrected chi connectivity index (χ1v) is 4.71. The molecule has 0 radical (unpaired) electrons. The topological polar surface area (TPSA) is 110 Å². The number of para-hydroxylation sites is 2. The Morgan fingerprint density at radius 3 is 2.59 bits per heavy atom. The van der Waals surface area contributed by atoms with Crippen molar-refractivity contribution in [3.05, 3.63) is 24.3 Å². The predicted octanol–water partition coefficient (Wildman–Crippen LogP) is -1.22. The normalized spacial score (nSPS) is 10.4. The van der Waals surface area contributed by atoms with Gasteiger partial charge in [-0.05, 0) is 10.8 Å². The van der Waals surface area contributed by atoms with E-state index in [2.05, 4.69) is 10.4 Å². The molecular formula is C9H10N4O4+2. The van der Waals surface area contributed by atoms with Crippen LogP contribution in [0.2, 0.25) is 0 Å². The Bertz CT molecular complexity index is 586. The van der Waals surface area contributed by atoms with E-state index in [1.165, 1.54) is 0 Å². The van der Waals surface area contributed by atoms with Gasteiger partial charge in [0.25, 0.3) is 5.10 Å². The summed E-state index contributed by atoms with van der Waals surface area (Å²) in [4.78, 5) is 10.9. The minimum Gasteiger partial charge on any atom is -0.479 e. The lowest BCUT2D eigenvalue weighted by atomic mass is 10.3. The molecule has 0 aliphatic carbocycles. The molecule has 88 valence electrons. The number of hydrogen-bond donors (Lipinski definition) is 4. The number of carboxylic acids is 1. The number of rotatable bonds is 3. The molecule has 0 aliphatic heterocycles. The molecule has 2 aromatic rings. The van der Waals surface area contributed by atoms with Crippen molar-refractivity contribution in [3.8, 4) is 0 Å². The number of anilines is 1. The second kappa shape index (κ2) is 4.08. The van der Waals surface area contributed by atoms with E-state index in [0.717, 1.165) is 0 Å². The molecule has 0 atom stereocenters. The molecule has 8 heteroatoms. The van der Waals surface area contributed by atoms with E-state index in [4.69, 9.17) is 5.11 Å². The van der Waals surface area contributed by atoms with Crippen LogP contribution in [-0.4, -0.2) is 33.1 Å². The average molecular weight is 238 g/mol. The smallest absolute Gasteiger partial charge is 0.479 e. The van der Waals surface area contributed by atoms with Crippen LogP contribution in [0, 0.1) is 0 Å². The lowest BCUT2D eigenvalue weighted by Gasteiger charge is -1.97. The SMILES string of the molecule is O=C(O)CNc1n[n+](O)c2ccccc2[n+]1O. The summed E-state index contributed by atoms with van der Waals surface area (Å²) in [5.41, 5.74) is 0.578. The van der Waals surface area contributed by atoms with Crippen molar-refractivity contribution in [2.24, 2.45) is 0 Å². The summed E-state index contributed by atoms with van der Waals surface area (Å²) < 4.78 is 0.672. The van der Waals surface area contributed by atoms with Gasteiger partial charge < -0.3 is 10.3 Å². The van der Waals surface area contributed by atoms with Crippen LogP contribution in [0.25, 0.3) is 11.0 Å². The second-order valence-electron chi connectivity index (χ2n) is 3.26. The van der Waals surface area contributed by atoms with Gasteiger partial charge in [-0.15, -0.1) is 0 Å². The fourth-order valence-electron chi connectivity index (χ4n) is 1.38. The summed E-state index contributed by atoms with van der Waals surface area (Å²) in [6, 6.07) is 6.43. The van der Waals surface area contributed by atoms with Crippen molar-refractivity contribution in [1.29, 1.82) is 0 Å². The Hall–Kier alpha value is -2.64. The Balaban J connectivity index is 2.51. The van der Waals surface area contributed by atoms with Gasteiger partial charge in [0.05, 0.1) is 0 Å². The number of benzene rings is 1. The van der Waals surface area contributed by atoms with Crippen LogP contribution in [0.5, 0.6) is 0 Å². The maximum Gasteiger partial charge on any atom is 0.501 e. The fraction of sp³-hybridized carbons (Fsp3) is 0.111.